The molecule has 0 radical (unpaired) electrons. The molecule has 0 aliphatic rings. The maximum absolute atomic E-state index is 10.5. The molecule has 0 fully saturated rings. The fourth-order valence-electron chi connectivity index (χ4n) is 0.710. The average Bonchev–Trinajstić information content (AvgIpc) is 2.51. The van der Waals surface area contributed by atoms with Gasteiger partial charge in [-0.2, -0.15) is 62.7 Å². The average molecular weight is 1490 g/mol. The second kappa shape index (κ2) is 103. The molecule has 0 aromatic carbocycles. The number of nitriles is 3. The largest absolute Gasteiger partial charge is 1.00 e. The van der Waals surface area contributed by atoms with Gasteiger partial charge in [-0.3, -0.25) is 4.52 Å². The maximum atomic E-state index is 10.5. The van der Waals surface area contributed by atoms with Gasteiger partial charge in [-0.1, -0.05) is 0 Å². The molecule has 0 unspecified atom stereocenters. The first-order valence-electron chi connectivity index (χ1n) is 7.69. The summed E-state index contributed by atoms with van der Waals surface area (Å²) in [6.07, 6.45) is -1.16. The summed E-state index contributed by atoms with van der Waals surface area (Å²) in [5, 5.41) is 25.2. The van der Waals surface area contributed by atoms with E-state index in [2.05, 4.69) is 4.52 Å². The van der Waals surface area contributed by atoms with Gasteiger partial charge in [-0.15, -0.1) is 0 Å². The smallest absolute Gasteiger partial charge is 0.822 e. The molecule has 266 valence electrons. The Kier molecular flexibility index (Phi) is 281. The van der Waals surface area contributed by atoms with Crippen LogP contribution < -0.4 is 1010 Å². The van der Waals surface area contributed by atoms with Gasteiger partial charge in [0.25, 0.3) is 0 Å². The van der Waals surface area contributed by atoms with E-state index in [0.717, 1.165) is 0 Å². The van der Waals surface area contributed by atoms with Gasteiger partial charge < -0.3 is 125 Å². The summed E-state index contributed by atoms with van der Waals surface area (Å²) < 4.78 is 65.9. The van der Waals surface area contributed by atoms with Crippen molar-refractivity contribution in [3.8, 4) is 18.2 Å². The Morgan fingerprint density at radius 3 is 0.484 bits per heavy atom. The van der Waals surface area contributed by atoms with Gasteiger partial charge in [0.2, 0.25) is 0 Å². The summed E-state index contributed by atoms with van der Waals surface area (Å²) in [4.78, 5) is 171. The van der Waals surface area contributed by atoms with Crippen LogP contribution in [0.4, 0.5) is 0 Å². The molecule has 0 spiro atoms. The van der Waals surface area contributed by atoms with E-state index in [0.29, 0.717) is 0 Å². The van der Waals surface area contributed by atoms with Crippen LogP contribution in [0, 0.1) is 34.0 Å². The molecule has 0 heterocycles. The van der Waals surface area contributed by atoms with Crippen molar-refractivity contribution < 1.29 is 1060 Å². The van der Waals surface area contributed by atoms with Crippen LogP contribution in [-0.2, 0) is 36.5 Å². The van der Waals surface area contributed by atoms with Crippen LogP contribution in [0.2, 0.25) is 0 Å². The van der Waals surface area contributed by atoms with E-state index in [4.69, 9.17) is 141 Å². The van der Waals surface area contributed by atoms with E-state index < -0.39 is 73.2 Å². The summed E-state index contributed by atoms with van der Waals surface area (Å²) in [5.74, 6) is 0. The van der Waals surface area contributed by atoms with Crippen molar-refractivity contribution in [1.82, 2.24) is 0 Å². The molecule has 2 N–H and O–H groups in total. The molecule has 0 aromatic rings. The number of rotatable bonds is 4. The molecule has 62 heavy (non-hydrogen) atoms. The van der Waals surface area contributed by atoms with Crippen LogP contribution in [0.25, 0.3) is 0 Å². The minimum absolute atomic E-state index is 0. The van der Waals surface area contributed by atoms with Crippen molar-refractivity contribution in [1.29, 1.82) is 15.8 Å². The van der Waals surface area contributed by atoms with Crippen molar-refractivity contribution >= 4 is 54.8 Å². The Hall–Kier alpha value is 28.7. The third kappa shape index (κ3) is 327. The third-order valence-electron chi connectivity index (χ3n) is 1.23. The van der Waals surface area contributed by atoms with Gasteiger partial charge >= 0.3 is 933 Å². The molecule has 0 atom stereocenters. The van der Waals surface area contributed by atoms with E-state index >= 15 is 0 Å². The molecule has 0 saturated carbocycles. The Morgan fingerprint density at radius 2 is 0.435 bits per heavy atom. The van der Waals surface area contributed by atoms with E-state index in [1.165, 1.54) is 18.2 Å². The van der Waals surface area contributed by atoms with Crippen LogP contribution in [-0.4, -0.2) is 15.4 Å². The first-order chi connectivity index (χ1) is 18.4. The first kappa shape index (κ1) is 169. The maximum Gasteiger partial charge on any atom is 1.00 e. The van der Waals surface area contributed by atoms with Gasteiger partial charge in [0.05, 0.1) is 25.0 Å². The predicted molar refractivity (Wildman–Crippen MR) is 87.6 cm³/mol. The molecule has 0 amide bonds. The number of phosphoric ester groups is 1. The van der Waals surface area contributed by atoms with E-state index in [9.17, 15) is 4.57 Å². The van der Waals surface area contributed by atoms with Crippen molar-refractivity contribution in [2.45, 2.75) is 18.4 Å². The molecule has 56 heteroatoms. The van der Waals surface area contributed by atoms with Crippen molar-refractivity contribution in [2.75, 3.05) is 0 Å². The van der Waals surface area contributed by atoms with Gasteiger partial charge in [-0.05, 0) is 0 Å². The first-order valence-corrected chi connectivity index (χ1v) is 18.0. The minimum Gasteiger partial charge on any atom is -0.822 e. The fraction of sp³-hybridized carbons (Fsp3) is 0.500. The third-order valence-corrected chi connectivity index (χ3v) is 1.81. The quantitative estimate of drug-likeness (QED) is 0.195. The number of hydrogen-bond donors (Lipinski definition) is 2. The summed E-state index contributed by atoms with van der Waals surface area (Å²) >= 11 is 0. The van der Waals surface area contributed by atoms with E-state index in [-0.39, 0.29) is 925 Å². The Bertz CT molecular complexity index is 1060. The topological polar surface area (TPSA) is 656 Å². The second-order valence-electron chi connectivity index (χ2n) is 5.04. The molecule has 0 bridgehead atoms. The summed E-state index contributed by atoms with van der Waals surface area (Å²) in [6, 6.07) is 4.46. The van der Waals surface area contributed by atoms with Crippen molar-refractivity contribution in [3.05, 3.63) is 0 Å². The Morgan fingerprint density at radius 1 is 0.339 bits per heavy atom. The van der Waals surface area contributed by atoms with Gasteiger partial charge in [0.1, 0.15) is 6.07 Å². The molecule has 0 aliphatic heterocycles. The van der Waals surface area contributed by atoms with E-state index in [1.807, 2.05) is 0 Å². The molecular weight excluding hydrogens is 1480 g/mol. The summed E-state index contributed by atoms with van der Waals surface area (Å²) in [7, 11) is -37.2. The molecule has 0 rings (SSSR count). The standard InChI is InChI=1S/C6H6N3O4P.18K.6H3O4P/c7-3-1-6(5-9,2-4-8)13-14(10,11)12;;;;;;;;;;;;;;;;;;;6*1-5(2,3)4/h1-2H2,(H2,10,11,12);;;;;;;;;;;;;;;;;;;6*(H3,1,2,3,4)/q;18*+1;;;;;;/p-18. The zero-order chi connectivity index (χ0) is 38.2. The number of phosphoric acid groups is 7. The Labute approximate surface area is 1120 Å². The molecule has 0 aliphatic carbocycles. The van der Waals surface area contributed by atoms with Crippen LogP contribution in [0.3, 0.4) is 0 Å². The molecule has 31 nitrogen and oxygen atoms in total. The number of hydrogen-bond acceptors (Lipinski definition) is 29. The Balaban J connectivity index is -0.0000000111. The van der Waals surface area contributed by atoms with Crippen LogP contribution in [0.1, 0.15) is 12.8 Å². The zero-order valence-electron chi connectivity index (χ0n) is 37.4. The van der Waals surface area contributed by atoms with Gasteiger partial charge in [-0.25, -0.2) is 4.57 Å². The second-order valence-corrected chi connectivity index (χ2v) is 11.6. The normalized spacial score (nSPS) is 8.21. The monoisotopic (exact) mass is 1490 g/mol. The van der Waals surface area contributed by atoms with Crippen LogP contribution >= 0.6 is 54.8 Å². The van der Waals surface area contributed by atoms with Crippen LogP contribution in [0.5, 0.6) is 0 Å². The molecular formula is C6H6K18N3O28P7. The van der Waals surface area contributed by atoms with Crippen molar-refractivity contribution in [3.63, 3.8) is 0 Å². The minimum atomic E-state index is -5.39. The van der Waals surface area contributed by atoms with E-state index in [1.54, 1.807) is 0 Å². The number of nitrogens with zero attached hydrogens (tertiary/aromatic N) is 3. The molecule has 0 aromatic heterocycles. The van der Waals surface area contributed by atoms with Crippen molar-refractivity contribution in [2.24, 2.45) is 0 Å². The zero-order valence-corrected chi connectivity index (χ0v) is 99.9. The predicted octanol–water partition coefficient (Wildman–Crippen LogP) is -70.7. The van der Waals surface area contributed by atoms with Gasteiger partial charge in [0.15, 0.2) is 5.60 Å². The summed E-state index contributed by atoms with van der Waals surface area (Å²) in [5.41, 5.74) is -2.05. The fourth-order valence-corrected chi connectivity index (χ4v) is 1.33. The summed E-state index contributed by atoms with van der Waals surface area (Å²) in [6.45, 7) is 0. The van der Waals surface area contributed by atoms with Crippen LogP contribution in [0.15, 0.2) is 0 Å². The van der Waals surface area contributed by atoms with Gasteiger partial charge in [0, 0.05) is 0 Å². The SMILES string of the molecule is N#CCC(C#N)(CC#N)OP(=O)(O)O.O=P([O-])([O-])[O-].O=P([O-])([O-])[O-].O=P([O-])([O-])[O-].O=P([O-])([O-])[O-].O=P([O-])([O-])[O-].O=P([O-])([O-])[O-].[K+].[K+].[K+].[K+].[K+].[K+].[K+].[K+].[K+].[K+].[K+].[K+].[K+].[K+].[K+].[K+].[K+].[K+]. The molecule has 0 saturated heterocycles.